The van der Waals surface area contributed by atoms with Crippen LogP contribution >= 0.6 is 0 Å². The lowest BCUT2D eigenvalue weighted by atomic mass is 9.80. The van der Waals surface area contributed by atoms with Crippen molar-refractivity contribution in [3.63, 3.8) is 0 Å². The molecule has 2 heterocycles. The van der Waals surface area contributed by atoms with Gasteiger partial charge in [-0.3, -0.25) is 4.79 Å². The van der Waals surface area contributed by atoms with Gasteiger partial charge in [0.1, 0.15) is 5.82 Å². The van der Waals surface area contributed by atoms with Crippen LogP contribution in [0.3, 0.4) is 0 Å². The zero-order valence-electron chi connectivity index (χ0n) is 14.9. The number of carbonyl (C=O) groups is 1. The fourth-order valence-corrected chi connectivity index (χ4v) is 4.71. The monoisotopic (exact) mass is 361 g/mol. The second-order valence-corrected chi connectivity index (χ2v) is 7.53. The minimum atomic E-state index is -0.215. The standard InChI is InChI=1S/C22H20FN3O/c23-18-4-3-5-19-20(18)22(10-1-2-11-22)14-26(19)21(27)16-6-8-17(9-7-16)25-13-12-24-15-25/h3-9,12-13,15H,1-2,10-11,14H2. The van der Waals surface area contributed by atoms with Gasteiger partial charge in [-0.1, -0.05) is 18.9 Å². The highest BCUT2D eigenvalue weighted by Crippen LogP contribution is 2.51. The second-order valence-electron chi connectivity index (χ2n) is 7.53. The number of carbonyl (C=O) groups excluding carboxylic acids is 1. The van der Waals surface area contributed by atoms with Crippen molar-refractivity contribution < 1.29 is 9.18 Å². The van der Waals surface area contributed by atoms with E-state index in [2.05, 4.69) is 4.98 Å². The van der Waals surface area contributed by atoms with E-state index in [1.807, 2.05) is 41.1 Å². The van der Waals surface area contributed by atoms with Crippen LogP contribution in [0.2, 0.25) is 0 Å². The molecule has 0 saturated heterocycles. The molecule has 1 aromatic heterocycles. The van der Waals surface area contributed by atoms with Crippen LogP contribution in [-0.2, 0) is 5.41 Å². The van der Waals surface area contributed by atoms with Crippen LogP contribution in [0.1, 0.15) is 41.6 Å². The van der Waals surface area contributed by atoms with Gasteiger partial charge in [0.25, 0.3) is 5.91 Å². The van der Waals surface area contributed by atoms with Crippen molar-refractivity contribution in [1.29, 1.82) is 0 Å². The highest BCUT2D eigenvalue weighted by molar-refractivity contribution is 6.07. The predicted molar refractivity (Wildman–Crippen MR) is 102 cm³/mol. The Morgan fingerprint density at radius 2 is 1.85 bits per heavy atom. The Kier molecular flexibility index (Phi) is 3.64. The number of hydrogen-bond donors (Lipinski definition) is 0. The molecular weight excluding hydrogens is 341 g/mol. The third-order valence-corrected chi connectivity index (χ3v) is 6.00. The number of amides is 1. The van der Waals surface area contributed by atoms with Gasteiger partial charge < -0.3 is 9.47 Å². The van der Waals surface area contributed by atoms with Gasteiger partial charge in [0.15, 0.2) is 0 Å². The molecule has 1 aliphatic carbocycles. The Morgan fingerprint density at radius 3 is 2.56 bits per heavy atom. The summed E-state index contributed by atoms with van der Waals surface area (Å²) in [4.78, 5) is 19.1. The minimum Gasteiger partial charge on any atom is -0.307 e. The smallest absolute Gasteiger partial charge is 0.258 e. The van der Waals surface area contributed by atoms with Gasteiger partial charge in [0, 0.05) is 41.2 Å². The van der Waals surface area contributed by atoms with Gasteiger partial charge in [-0.2, -0.15) is 0 Å². The summed E-state index contributed by atoms with van der Waals surface area (Å²) in [5.74, 6) is -0.247. The first-order valence-electron chi connectivity index (χ1n) is 9.37. The lowest BCUT2D eigenvalue weighted by Gasteiger charge is -2.25. The molecule has 136 valence electrons. The SMILES string of the molecule is O=C(c1ccc(-n2ccnc2)cc1)N1CC2(CCCC2)c2c(F)cccc21. The highest BCUT2D eigenvalue weighted by Gasteiger charge is 2.48. The van der Waals surface area contributed by atoms with Crippen LogP contribution in [0.5, 0.6) is 0 Å². The number of benzene rings is 2. The third-order valence-electron chi connectivity index (χ3n) is 6.00. The van der Waals surface area contributed by atoms with E-state index in [1.54, 1.807) is 23.5 Å². The summed E-state index contributed by atoms with van der Waals surface area (Å²) in [6, 6.07) is 12.6. The molecule has 0 atom stereocenters. The Labute approximate surface area is 157 Å². The number of nitrogens with zero attached hydrogens (tertiary/aromatic N) is 3. The minimum absolute atomic E-state index is 0.0668. The Balaban J connectivity index is 1.50. The topological polar surface area (TPSA) is 38.1 Å². The van der Waals surface area contributed by atoms with Crippen LogP contribution in [0.15, 0.2) is 61.2 Å². The fraction of sp³-hybridized carbons (Fsp3) is 0.273. The normalized spacial score (nSPS) is 17.4. The number of fused-ring (bicyclic) bond motifs is 2. The zero-order valence-corrected chi connectivity index (χ0v) is 14.9. The maximum atomic E-state index is 14.7. The quantitative estimate of drug-likeness (QED) is 0.675. The number of imidazole rings is 1. The van der Waals surface area contributed by atoms with Gasteiger partial charge in [-0.25, -0.2) is 9.37 Å². The average molecular weight is 361 g/mol. The maximum absolute atomic E-state index is 14.7. The molecule has 3 aromatic rings. The van der Waals surface area contributed by atoms with Crippen molar-refractivity contribution in [1.82, 2.24) is 9.55 Å². The average Bonchev–Trinajstić information content (AvgIpc) is 3.44. The largest absolute Gasteiger partial charge is 0.307 e. The molecule has 1 fully saturated rings. The van der Waals surface area contributed by atoms with Crippen molar-refractivity contribution >= 4 is 11.6 Å². The van der Waals surface area contributed by atoms with E-state index in [0.29, 0.717) is 12.1 Å². The molecule has 0 radical (unpaired) electrons. The number of hydrogen-bond acceptors (Lipinski definition) is 2. The molecule has 5 heteroatoms. The summed E-state index contributed by atoms with van der Waals surface area (Å²) in [6.07, 6.45) is 9.38. The van der Waals surface area contributed by atoms with E-state index < -0.39 is 0 Å². The van der Waals surface area contributed by atoms with E-state index in [4.69, 9.17) is 0 Å². The molecule has 0 unspecified atom stereocenters. The lowest BCUT2D eigenvalue weighted by molar-refractivity contribution is 0.0985. The van der Waals surface area contributed by atoms with Crippen LogP contribution in [0.4, 0.5) is 10.1 Å². The number of anilines is 1. The molecule has 2 aliphatic rings. The first-order chi connectivity index (χ1) is 13.2. The van der Waals surface area contributed by atoms with E-state index in [-0.39, 0.29) is 17.1 Å². The van der Waals surface area contributed by atoms with Crippen molar-refractivity contribution in [3.8, 4) is 5.69 Å². The molecule has 4 nitrogen and oxygen atoms in total. The molecule has 1 spiro atoms. The first-order valence-corrected chi connectivity index (χ1v) is 9.37. The zero-order chi connectivity index (χ0) is 18.4. The van der Waals surface area contributed by atoms with Crippen molar-refractivity contribution in [2.75, 3.05) is 11.4 Å². The molecule has 1 aliphatic heterocycles. The number of rotatable bonds is 2. The second kappa shape index (κ2) is 6.05. The molecule has 27 heavy (non-hydrogen) atoms. The molecule has 1 amide bonds. The van der Waals surface area contributed by atoms with E-state index in [1.165, 1.54) is 6.07 Å². The molecule has 2 aromatic carbocycles. The van der Waals surface area contributed by atoms with Crippen LogP contribution in [0, 0.1) is 5.82 Å². The summed E-state index contributed by atoms with van der Waals surface area (Å²) in [5, 5.41) is 0. The Hall–Kier alpha value is -2.95. The Bertz CT molecular complexity index is 989. The van der Waals surface area contributed by atoms with Gasteiger partial charge in [-0.15, -0.1) is 0 Å². The highest BCUT2D eigenvalue weighted by atomic mass is 19.1. The number of halogens is 1. The lowest BCUT2D eigenvalue weighted by Crippen LogP contribution is -2.35. The van der Waals surface area contributed by atoms with Crippen LogP contribution < -0.4 is 4.90 Å². The van der Waals surface area contributed by atoms with Crippen molar-refractivity contribution in [2.45, 2.75) is 31.1 Å². The predicted octanol–water partition coefficient (Wildman–Crippen LogP) is 4.48. The van der Waals surface area contributed by atoms with E-state index >= 15 is 0 Å². The third kappa shape index (κ3) is 2.49. The molecule has 1 saturated carbocycles. The summed E-state index contributed by atoms with van der Waals surface area (Å²) in [6.45, 7) is 0.575. The van der Waals surface area contributed by atoms with Crippen molar-refractivity contribution in [2.24, 2.45) is 0 Å². The van der Waals surface area contributed by atoms with Crippen LogP contribution in [-0.4, -0.2) is 22.0 Å². The van der Waals surface area contributed by atoms with Gasteiger partial charge >= 0.3 is 0 Å². The van der Waals surface area contributed by atoms with Crippen LogP contribution in [0.25, 0.3) is 5.69 Å². The van der Waals surface area contributed by atoms with E-state index in [9.17, 15) is 9.18 Å². The first kappa shape index (κ1) is 16.2. The van der Waals surface area contributed by atoms with Crippen molar-refractivity contribution in [3.05, 3.63) is 78.1 Å². The molecule has 0 bridgehead atoms. The summed E-state index contributed by atoms with van der Waals surface area (Å²) in [7, 11) is 0. The summed E-state index contributed by atoms with van der Waals surface area (Å²) < 4.78 is 16.6. The molecule has 0 N–H and O–H groups in total. The van der Waals surface area contributed by atoms with Gasteiger partial charge in [-0.05, 0) is 49.2 Å². The van der Waals surface area contributed by atoms with E-state index in [0.717, 1.165) is 42.6 Å². The van der Waals surface area contributed by atoms with Gasteiger partial charge in [0.05, 0.1) is 12.0 Å². The fourth-order valence-electron chi connectivity index (χ4n) is 4.71. The maximum Gasteiger partial charge on any atom is 0.258 e. The summed E-state index contributed by atoms with van der Waals surface area (Å²) in [5.41, 5.74) is 2.83. The Morgan fingerprint density at radius 1 is 1.07 bits per heavy atom. The van der Waals surface area contributed by atoms with Gasteiger partial charge in [0.2, 0.25) is 0 Å². The molecular formula is C22H20FN3O. The molecule has 5 rings (SSSR count). The summed E-state index contributed by atoms with van der Waals surface area (Å²) >= 11 is 0. The number of aromatic nitrogens is 2.